The van der Waals surface area contributed by atoms with Crippen molar-refractivity contribution in [1.29, 1.82) is 0 Å². The Morgan fingerprint density at radius 2 is 1.73 bits per heavy atom. The van der Waals surface area contributed by atoms with Gasteiger partial charge in [0.2, 0.25) is 11.3 Å². The quantitative estimate of drug-likeness (QED) is 0.219. The number of ether oxygens (including phenoxy) is 3. The molecule has 0 bridgehead atoms. The van der Waals surface area contributed by atoms with Crippen LogP contribution in [0.5, 0.6) is 23.1 Å². The zero-order valence-corrected chi connectivity index (χ0v) is 22.3. The third-order valence-electron chi connectivity index (χ3n) is 6.86. The molecule has 41 heavy (non-hydrogen) atoms. The fourth-order valence-corrected chi connectivity index (χ4v) is 4.55. The van der Waals surface area contributed by atoms with Gasteiger partial charge in [0, 0.05) is 48.1 Å². The number of rotatable bonds is 9. The third-order valence-corrected chi connectivity index (χ3v) is 6.86. The van der Waals surface area contributed by atoms with Gasteiger partial charge in [-0.2, -0.15) is 5.10 Å². The first-order valence-electron chi connectivity index (χ1n) is 13.0. The number of methoxy groups -OCH3 is 2. The van der Waals surface area contributed by atoms with Crippen molar-refractivity contribution in [3.8, 4) is 34.3 Å². The Morgan fingerprint density at radius 3 is 2.41 bits per heavy atom. The highest BCUT2D eigenvalue weighted by atomic mass is 19.1. The van der Waals surface area contributed by atoms with E-state index >= 15 is 0 Å². The monoisotopic (exact) mass is 552 g/mol. The maximum Gasteiger partial charge on any atom is 0.219 e. The minimum atomic E-state index is -0.483. The van der Waals surface area contributed by atoms with Gasteiger partial charge < -0.3 is 14.2 Å². The summed E-state index contributed by atoms with van der Waals surface area (Å²) in [6.45, 7) is 0. The van der Waals surface area contributed by atoms with E-state index in [0.717, 1.165) is 12.8 Å². The van der Waals surface area contributed by atoms with Crippen LogP contribution in [0.2, 0.25) is 0 Å². The van der Waals surface area contributed by atoms with Crippen molar-refractivity contribution in [2.24, 2.45) is 0 Å². The number of hydrogen-bond acceptors (Lipinski definition) is 8. The number of halogens is 1. The summed E-state index contributed by atoms with van der Waals surface area (Å²) in [7, 11) is 3.11. The van der Waals surface area contributed by atoms with Crippen molar-refractivity contribution in [3.63, 3.8) is 0 Å². The summed E-state index contributed by atoms with van der Waals surface area (Å²) in [5.74, 6) is 1.10. The van der Waals surface area contributed by atoms with Crippen molar-refractivity contribution in [1.82, 2.24) is 19.7 Å². The van der Waals surface area contributed by atoms with E-state index in [1.165, 1.54) is 30.5 Å². The van der Waals surface area contributed by atoms with Crippen LogP contribution in [-0.2, 0) is 6.42 Å². The maximum atomic E-state index is 13.5. The van der Waals surface area contributed by atoms with Crippen LogP contribution in [0.3, 0.4) is 0 Å². The molecule has 0 amide bonds. The van der Waals surface area contributed by atoms with Crippen molar-refractivity contribution in [2.75, 3.05) is 14.2 Å². The molecule has 3 aromatic heterocycles. The highest BCUT2D eigenvalue weighted by Gasteiger charge is 2.27. The first kappa shape index (κ1) is 26.1. The summed E-state index contributed by atoms with van der Waals surface area (Å²) in [4.78, 5) is 35.3. The molecule has 0 aliphatic heterocycles. The Hall–Kier alpha value is -5.12. The fourth-order valence-electron chi connectivity index (χ4n) is 4.55. The number of ketones is 1. The van der Waals surface area contributed by atoms with E-state index < -0.39 is 17.0 Å². The number of hydrogen-bond donors (Lipinski definition) is 0. The normalized spacial score (nSPS) is 12.8. The Morgan fingerprint density at radius 1 is 0.976 bits per heavy atom. The molecule has 0 unspecified atom stereocenters. The molecule has 206 valence electrons. The van der Waals surface area contributed by atoms with Gasteiger partial charge in [-0.3, -0.25) is 19.3 Å². The number of nitrogens with zero attached hydrogens (tertiary/aromatic N) is 4. The lowest BCUT2D eigenvalue weighted by atomic mass is 10.0. The Labute approximate surface area is 234 Å². The minimum absolute atomic E-state index is 0.0672. The second-order valence-electron chi connectivity index (χ2n) is 9.68. The van der Waals surface area contributed by atoms with Crippen LogP contribution in [0, 0.1) is 5.82 Å². The topological polar surface area (TPSA) is 105 Å². The van der Waals surface area contributed by atoms with E-state index in [1.807, 2.05) is 0 Å². The second kappa shape index (κ2) is 10.8. The number of benzene rings is 2. The van der Waals surface area contributed by atoms with E-state index in [1.54, 1.807) is 61.6 Å². The molecule has 6 rings (SSSR count). The highest BCUT2D eigenvalue weighted by Crippen LogP contribution is 2.37. The smallest absolute Gasteiger partial charge is 0.219 e. The predicted octanol–water partition coefficient (Wildman–Crippen LogP) is 5.56. The average molecular weight is 553 g/mol. The lowest BCUT2D eigenvalue weighted by Gasteiger charge is -2.12. The minimum Gasteiger partial charge on any atom is -0.493 e. The molecule has 0 saturated heterocycles. The van der Waals surface area contributed by atoms with Gasteiger partial charge in [-0.05, 0) is 48.2 Å². The standard InChI is InChI=1S/C31H25FN4O5/c1-39-27-14-22-24(15-28(27)40-2)33-12-11-26(22)41-29-10-3-18(16-34-29)13-25(37)30-31(38)23(17-36(35-30)21-8-9-21)19-4-6-20(32)7-5-19/h3-7,10-12,14-17,21H,8-9,13H2,1-2H3. The van der Waals surface area contributed by atoms with E-state index in [4.69, 9.17) is 14.2 Å². The first-order valence-corrected chi connectivity index (χ1v) is 13.0. The zero-order chi connectivity index (χ0) is 28.5. The molecule has 2 aromatic carbocycles. The summed E-state index contributed by atoms with van der Waals surface area (Å²) >= 11 is 0. The third kappa shape index (κ3) is 5.36. The van der Waals surface area contributed by atoms with Crippen molar-refractivity contribution >= 4 is 16.7 Å². The van der Waals surface area contributed by atoms with Crippen LogP contribution in [0.4, 0.5) is 4.39 Å². The molecule has 0 spiro atoms. The average Bonchev–Trinajstić information content (AvgIpc) is 3.84. The second-order valence-corrected chi connectivity index (χ2v) is 9.68. The van der Waals surface area contributed by atoms with Gasteiger partial charge in [0.15, 0.2) is 23.0 Å². The van der Waals surface area contributed by atoms with Crippen LogP contribution in [0.1, 0.15) is 34.9 Å². The zero-order valence-electron chi connectivity index (χ0n) is 22.3. The molecule has 0 atom stereocenters. The Balaban J connectivity index is 1.24. The van der Waals surface area contributed by atoms with Crippen LogP contribution < -0.4 is 19.6 Å². The van der Waals surface area contributed by atoms with Gasteiger partial charge in [-0.15, -0.1) is 0 Å². The molecular weight excluding hydrogens is 527 g/mol. The largest absolute Gasteiger partial charge is 0.493 e. The van der Waals surface area contributed by atoms with E-state index in [0.29, 0.717) is 50.7 Å². The van der Waals surface area contributed by atoms with E-state index in [-0.39, 0.29) is 18.2 Å². The fraction of sp³-hybridized carbons (Fsp3) is 0.194. The number of pyridine rings is 2. The highest BCUT2D eigenvalue weighted by molar-refractivity contribution is 5.96. The SMILES string of the molecule is COc1cc2nccc(Oc3ccc(CC(=O)c4nn(C5CC5)cc(-c5ccc(F)cc5)c4=O)cn3)c2cc1OC. The van der Waals surface area contributed by atoms with Gasteiger partial charge in [0.05, 0.1) is 25.8 Å². The van der Waals surface area contributed by atoms with Gasteiger partial charge in [-0.1, -0.05) is 18.2 Å². The van der Waals surface area contributed by atoms with Crippen molar-refractivity contribution in [3.05, 3.63) is 100 Å². The summed E-state index contributed by atoms with van der Waals surface area (Å²) in [5.41, 5.74) is 1.48. The van der Waals surface area contributed by atoms with E-state index in [2.05, 4.69) is 15.1 Å². The summed E-state index contributed by atoms with van der Waals surface area (Å²) in [5, 5.41) is 5.09. The Kier molecular flexibility index (Phi) is 6.88. The van der Waals surface area contributed by atoms with Crippen LogP contribution >= 0.6 is 0 Å². The van der Waals surface area contributed by atoms with Crippen molar-refractivity contribution < 1.29 is 23.4 Å². The van der Waals surface area contributed by atoms with Crippen molar-refractivity contribution in [2.45, 2.75) is 25.3 Å². The summed E-state index contributed by atoms with van der Waals surface area (Å²) < 4.78 is 31.9. The summed E-state index contributed by atoms with van der Waals surface area (Å²) in [6, 6.07) is 14.4. The molecule has 1 aliphatic rings. The molecule has 5 aromatic rings. The Bertz CT molecular complexity index is 1820. The molecule has 1 aliphatic carbocycles. The molecular formula is C31H25FN4O5. The van der Waals surface area contributed by atoms with Crippen LogP contribution in [0.25, 0.3) is 22.0 Å². The molecule has 9 nitrogen and oxygen atoms in total. The lowest BCUT2D eigenvalue weighted by molar-refractivity contribution is 0.0984. The molecule has 1 saturated carbocycles. The van der Waals surface area contributed by atoms with Crippen LogP contribution in [-0.4, -0.2) is 39.8 Å². The maximum absolute atomic E-state index is 13.5. The molecule has 10 heteroatoms. The van der Waals surface area contributed by atoms with E-state index in [9.17, 15) is 14.0 Å². The van der Waals surface area contributed by atoms with Gasteiger partial charge in [-0.25, -0.2) is 9.37 Å². The summed E-state index contributed by atoms with van der Waals surface area (Å²) in [6.07, 6.45) is 6.58. The number of Topliss-reactive ketones (excluding diaryl/α,β-unsaturated/α-hetero) is 1. The van der Waals surface area contributed by atoms with Crippen LogP contribution in [0.15, 0.2) is 78.0 Å². The molecule has 3 heterocycles. The van der Waals surface area contributed by atoms with Gasteiger partial charge >= 0.3 is 0 Å². The molecule has 0 N–H and O–H groups in total. The first-order chi connectivity index (χ1) is 19.9. The number of carbonyl (C=O) groups excluding carboxylic acids is 1. The molecule has 0 radical (unpaired) electrons. The lowest BCUT2D eigenvalue weighted by Crippen LogP contribution is -2.24. The number of carbonyl (C=O) groups is 1. The van der Waals surface area contributed by atoms with Gasteiger partial charge in [0.1, 0.15) is 11.6 Å². The predicted molar refractivity (Wildman–Crippen MR) is 149 cm³/mol. The van der Waals surface area contributed by atoms with Gasteiger partial charge in [0.25, 0.3) is 0 Å². The number of aromatic nitrogens is 4. The molecule has 1 fully saturated rings. The number of fused-ring (bicyclic) bond motifs is 1.